The van der Waals surface area contributed by atoms with Gasteiger partial charge < -0.3 is 9.84 Å². The van der Waals surface area contributed by atoms with Crippen molar-refractivity contribution < 1.29 is 19.0 Å². The second kappa shape index (κ2) is 5.24. The number of ether oxygens (including phenoxy) is 1. The molecule has 0 aliphatic carbocycles. The van der Waals surface area contributed by atoms with Crippen LogP contribution in [0, 0.1) is 17.1 Å². The van der Waals surface area contributed by atoms with Gasteiger partial charge in [0.2, 0.25) is 0 Å². The Labute approximate surface area is 91.9 Å². The van der Waals surface area contributed by atoms with Gasteiger partial charge in [0.15, 0.2) is 6.10 Å². The highest BCUT2D eigenvalue weighted by molar-refractivity contribution is 5.71. The standard InChI is InChI=1S/C11H10FNO3/c1-7(11(14)15)16-6-9-3-2-8(5-13)4-10(9)12/h2-4,7H,6H2,1H3,(H,14,15)/t7-/m1/s1. The molecule has 0 saturated heterocycles. The maximum Gasteiger partial charge on any atom is 0.332 e. The van der Waals surface area contributed by atoms with Crippen molar-refractivity contribution in [1.29, 1.82) is 5.26 Å². The minimum Gasteiger partial charge on any atom is -0.479 e. The Morgan fingerprint density at radius 1 is 1.69 bits per heavy atom. The van der Waals surface area contributed by atoms with Crippen molar-refractivity contribution in [1.82, 2.24) is 0 Å². The van der Waals surface area contributed by atoms with Crippen LogP contribution in [0.3, 0.4) is 0 Å². The number of nitriles is 1. The molecule has 0 radical (unpaired) electrons. The molecule has 1 N–H and O–H groups in total. The fourth-order valence-corrected chi connectivity index (χ4v) is 1.02. The monoisotopic (exact) mass is 223 g/mol. The van der Waals surface area contributed by atoms with Gasteiger partial charge in [-0.1, -0.05) is 6.07 Å². The number of carboxylic acid groups (broad SMARTS) is 1. The van der Waals surface area contributed by atoms with E-state index < -0.39 is 17.9 Å². The van der Waals surface area contributed by atoms with Crippen molar-refractivity contribution in [2.45, 2.75) is 19.6 Å². The molecule has 0 bridgehead atoms. The molecule has 5 heteroatoms. The van der Waals surface area contributed by atoms with Crippen molar-refractivity contribution in [2.24, 2.45) is 0 Å². The first-order valence-corrected chi connectivity index (χ1v) is 4.57. The topological polar surface area (TPSA) is 70.3 Å². The predicted molar refractivity (Wildman–Crippen MR) is 53.0 cm³/mol. The van der Waals surface area contributed by atoms with Gasteiger partial charge in [0.05, 0.1) is 18.2 Å². The summed E-state index contributed by atoms with van der Waals surface area (Å²) in [5, 5.41) is 17.1. The first-order valence-electron chi connectivity index (χ1n) is 4.57. The first kappa shape index (κ1) is 12.1. The van der Waals surface area contributed by atoms with Gasteiger partial charge in [-0.05, 0) is 19.1 Å². The Balaban J connectivity index is 2.69. The molecular formula is C11H10FNO3. The van der Waals surface area contributed by atoms with Crippen molar-refractivity contribution in [3.8, 4) is 6.07 Å². The molecule has 0 heterocycles. The molecule has 1 atom stereocenters. The maximum atomic E-state index is 13.3. The molecule has 84 valence electrons. The van der Waals surface area contributed by atoms with E-state index in [1.807, 2.05) is 0 Å². The van der Waals surface area contributed by atoms with Gasteiger partial charge in [-0.25, -0.2) is 9.18 Å². The summed E-state index contributed by atoms with van der Waals surface area (Å²) in [7, 11) is 0. The molecule has 0 aliphatic rings. The Bertz CT molecular complexity index is 439. The largest absolute Gasteiger partial charge is 0.479 e. The summed E-state index contributed by atoms with van der Waals surface area (Å²) in [5.74, 6) is -1.68. The summed E-state index contributed by atoms with van der Waals surface area (Å²) < 4.78 is 18.2. The third-order valence-electron chi connectivity index (χ3n) is 2.02. The molecule has 0 aliphatic heterocycles. The fraction of sp³-hybridized carbons (Fsp3) is 0.273. The molecule has 0 spiro atoms. The van der Waals surface area contributed by atoms with Crippen LogP contribution in [0.1, 0.15) is 18.1 Å². The fourth-order valence-electron chi connectivity index (χ4n) is 1.02. The summed E-state index contributed by atoms with van der Waals surface area (Å²) in [6.45, 7) is 1.23. The highest BCUT2D eigenvalue weighted by atomic mass is 19.1. The van der Waals surface area contributed by atoms with Gasteiger partial charge in [-0.3, -0.25) is 0 Å². The number of nitrogens with zero attached hydrogens (tertiary/aromatic N) is 1. The Morgan fingerprint density at radius 3 is 2.88 bits per heavy atom. The Morgan fingerprint density at radius 2 is 2.38 bits per heavy atom. The molecule has 0 fully saturated rings. The van der Waals surface area contributed by atoms with Crippen LogP contribution in [0.15, 0.2) is 18.2 Å². The zero-order valence-corrected chi connectivity index (χ0v) is 8.61. The second-order valence-corrected chi connectivity index (χ2v) is 3.21. The molecular weight excluding hydrogens is 213 g/mol. The van der Waals surface area contributed by atoms with Crippen LogP contribution in [0.5, 0.6) is 0 Å². The quantitative estimate of drug-likeness (QED) is 0.843. The summed E-state index contributed by atoms with van der Waals surface area (Å²) >= 11 is 0. The zero-order valence-electron chi connectivity index (χ0n) is 8.61. The van der Waals surface area contributed by atoms with Gasteiger partial charge >= 0.3 is 5.97 Å². The first-order chi connectivity index (χ1) is 7.54. The van der Waals surface area contributed by atoms with Crippen molar-refractivity contribution in [3.05, 3.63) is 35.1 Å². The maximum absolute atomic E-state index is 13.3. The normalized spacial score (nSPS) is 11.8. The van der Waals surface area contributed by atoms with E-state index in [0.717, 1.165) is 6.07 Å². The molecule has 1 aromatic carbocycles. The highest BCUT2D eigenvalue weighted by Gasteiger charge is 2.12. The summed E-state index contributed by atoms with van der Waals surface area (Å²) in [5.41, 5.74) is 0.444. The molecule has 0 unspecified atom stereocenters. The molecule has 16 heavy (non-hydrogen) atoms. The third kappa shape index (κ3) is 3.04. The van der Waals surface area contributed by atoms with Crippen LogP contribution in [0.2, 0.25) is 0 Å². The van der Waals surface area contributed by atoms with Gasteiger partial charge in [0.1, 0.15) is 5.82 Å². The van der Waals surface area contributed by atoms with Crippen LogP contribution in [0.25, 0.3) is 0 Å². The lowest BCUT2D eigenvalue weighted by atomic mass is 10.1. The van der Waals surface area contributed by atoms with Crippen LogP contribution < -0.4 is 0 Å². The highest BCUT2D eigenvalue weighted by Crippen LogP contribution is 2.12. The number of benzene rings is 1. The van der Waals surface area contributed by atoms with E-state index in [2.05, 4.69) is 0 Å². The Hall–Kier alpha value is -1.93. The molecule has 1 rings (SSSR count). The van der Waals surface area contributed by atoms with E-state index in [1.54, 1.807) is 6.07 Å². The zero-order chi connectivity index (χ0) is 12.1. The van der Waals surface area contributed by atoms with Gasteiger partial charge in [0, 0.05) is 5.56 Å². The Kier molecular flexibility index (Phi) is 3.97. The molecule has 0 saturated carbocycles. The molecule has 0 amide bonds. The van der Waals surface area contributed by atoms with E-state index >= 15 is 0 Å². The van der Waals surface area contributed by atoms with E-state index in [1.165, 1.54) is 19.1 Å². The smallest absolute Gasteiger partial charge is 0.332 e. The number of hydrogen-bond donors (Lipinski definition) is 1. The summed E-state index contributed by atoms with van der Waals surface area (Å²) in [4.78, 5) is 10.4. The van der Waals surface area contributed by atoms with Gasteiger partial charge in [-0.15, -0.1) is 0 Å². The number of halogens is 1. The van der Waals surface area contributed by atoms with Crippen molar-refractivity contribution >= 4 is 5.97 Å². The molecule has 4 nitrogen and oxygen atoms in total. The second-order valence-electron chi connectivity index (χ2n) is 3.21. The molecule has 0 aromatic heterocycles. The van der Waals surface area contributed by atoms with Crippen molar-refractivity contribution in [2.75, 3.05) is 0 Å². The van der Waals surface area contributed by atoms with E-state index in [4.69, 9.17) is 15.1 Å². The van der Waals surface area contributed by atoms with E-state index in [9.17, 15) is 9.18 Å². The molecule has 1 aromatic rings. The van der Waals surface area contributed by atoms with E-state index in [-0.39, 0.29) is 17.7 Å². The average molecular weight is 223 g/mol. The van der Waals surface area contributed by atoms with Crippen LogP contribution in [-0.4, -0.2) is 17.2 Å². The average Bonchev–Trinajstić information content (AvgIpc) is 2.26. The minimum absolute atomic E-state index is 0.134. The van der Waals surface area contributed by atoms with Gasteiger partial charge in [-0.2, -0.15) is 5.26 Å². The summed E-state index contributed by atoms with van der Waals surface area (Å²) in [6.07, 6.45) is -0.991. The predicted octanol–water partition coefficient (Wildman–Crippen LogP) is 1.69. The van der Waals surface area contributed by atoms with Crippen LogP contribution >= 0.6 is 0 Å². The third-order valence-corrected chi connectivity index (χ3v) is 2.02. The lowest BCUT2D eigenvalue weighted by Crippen LogP contribution is -2.19. The van der Waals surface area contributed by atoms with Crippen molar-refractivity contribution in [3.63, 3.8) is 0 Å². The number of carbonyl (C=O) groups is 1. The summed E-state index contributed by atoms with van der Waals surface area (Å²) in [6, 6.07) is 5.75. The lowest BCUT2D eigenvalue weighted by molar-refractivity contribution is -0.149. The number of rotatable bonds is 4. The SMILES string of the molecule is C[C@@H](OCc1ccc(C#N)cc1F)C(=O)O. The minimum atomic E-state index is -1.10. The van der Waals surface area contributed by atoms with Crippen LogP contribution in [-0.2, 0) is 16.1 Å². The van der Waals surface area contributed by atoms with Gasteiger partial charge in [0.25, 0.3) is 0 Å². The number of hydrogen-bond acceptors (Lipinski definition) is 3. The lowest BCUT2D eigenvalue weighted by Gasteiger charge is -2.08. The number of aliphatic carboxylic acids is 1. The van der Waals surface area contributed by atoms with E-state index in [0.29, 0.717) is 0 Å². The number of carboxylic acids is 1. The van der Waals surface area contributed by atoms with Crippen LogP contribution in [0.4, 0.5) is 4.39 Å².